The number of hydrogen-bond donors (Lipinski definition) is 1. The van der Waals surface area contributed by atoms with E-state index >= 15 is 0 Å². The summed E-state index contributed by atoms with van der Waals surface area (Å²) in [6.07, 6.45) is 11.6. The van der Waals surface area contributed by atoms with Crippen LogP contribution in [-0.2, 0) is 11.2 Å². The van der Waals surface area contributed by atoms with Gasteiger partial charge in [-0.15, -0.1) is 0 Å². The van der Waals surface area contributed by atoms with Gasteiger partial charge in [0.2, 0.25) is 5.91 Å². The molecule has 4 bridgehead atoms. The summed E-state index contributed by atoms with van der Waals surface area (Å²) in [7, 11) is 0. The second-order valence-corrected chi connectivity index (χ2v) is 11.1. The Kier molecular flexibility index (Phi) is 5.94. The number of nitrogens with one attached hydrogen (secondary N) is 1. The van der Waals surface area contributed by atoms with Crippen LogP contribution in [0.4, 0.5) is 0 Å². The van der Waals surface area contributed by atoms with E-state index in [4.69, 9.17) is 4.99 Å². The summed E-state index contributed by atoms with van der Waals surface area (Å²) in [6, 6.07) is 11.9. The van der Waals surface area contributed by atoms with E-state index in [0.717, 1.165) is 32.4 Å². The number of benzene rings is 1. The number of carbonyl (C=O) groups is 1. The third kappa shape index (κ3) is 4.08. The molecule has 0 spiro atoms. The second-order valence-electron chi connectivity index (χ2n) is 11.1. The minimum atomic E-state index is -0.528. The highest BCUT2D eigenvalue weighted by molar-refractivity contribution is 5.90. The standard InChI is InChI=1S/C27H39N3O/c1-19(2)18-30-24(13-20-9-5-3-6-10-20)22-14-27(15-25(30)23(22)17-29-27)26(31)28-16-21-11-7-4-8-12-21/h3,5-6,9-10,17,19,21-25H,4,7-8,11-16,18H2,1-2H3,(H,28,31). The van der Waals surface area contributed by atoms with Gasteiger partial charge in [0.25, 0.3) is 0 Å². The lowest BCUT2D eigenvalue weighted by atomic mass is 9.65. The van der Waals surface area contributed by atoms with E-state index in [1.165, 1.54) is 37.7 Å². The van der Waals surface area contributed by atoms with E-state index in [9.17, 15) is 4.79 Å². The minimum absolute atomic E-state index is 0.201. The van der Waals surface area contributed by atoms with Gasteiger partial charge in [-0.25, -0.2) is 0 Å². The Bertz CT molecular complexity index is 800. The van der Waals surface area contributed by atoms with Crippen LogP contribution in [0.1, 0.15) is 64.4 Å². The Morgan fingerprint density at radius 1 is 1.16 bits per heavy atom. The number of likely N-dealkylation sites (tertiary alicyclic amines) is 1. The molecule has 1 saturated heterocycles. The van der Waals surface area contributed by atoms with Gasteiger partial charge in [-0.1, -0.05) is 63.4 Å². The van der Waals surface area contributed by atoms with Crippen LogP contribution in [0.3, 0.4) is 0 Å². The molecule has 1 aromatic carbocycles. The zero-order valence-electron chi connectivity index (χ0n) is 19.3. The molecule has 6 rings (SSSR count). The molecule has 0 radical (unpaired) electrons. The molecule has 4 heteroatoms. The first kappa shape index (κ1) is 21.2. The summed E-state index contributed by atoms with van der Waals surface area (Å²) >= 11 is 0. The van der Waals surface area contributed by atoms with Crippen molar-refractivity contribution < 1.29 is 4.79 Å². The molecule has 3 fully saturated rings. The Morgan fingerprint density at radius 3 is 2.68 bits per heavy atom. The summed E-state index contributed by atoms with van der Waals surface area (Å²) in [6.45, 7) is 6.60. The predicted molar refractivity (Wildman–Crippen MR) is 126 cm³/mol. The third-order valence-electron chi connectivity index (χ3n) is 8.46. The molecule has 3 heterocycles. The first-order chi connectivity index (χ1) is 15.1. The molecule has 0 aromatic heterocycles. The van der Waals surface area contributed by atoms with Crippen molar-refractivity contribution in [3.8, 4) is 0 Å². The van der Waals surface area contributed by atoms with Gasteiger partial charge < -0.3 is 5.32 Å². The van der Waals surface area contributed by atoms with E-state index in [2.05, 4.69) is 60.6 Å². The molecule has 2 saturated carbocycles. The lowest BCUT2D eigenvalue weighted by Crippen LogP contribution is -2.57. The molecule has 1 N–H and O–H groups in total. The van der Waals surface area contributed by atoms with Crippen molar-refractivity contribution in [3.63, 3.8) is 0 Å². The van der Waals surface area contributed by atoms with E-state index in [-0.39, 0.29) is 5.91 Å². The second kappa shape index (κ2) is 8.69. The third-order valence-corrected chi connectivity index (χ3v) is 8.46. The van der Waals surface area contributed by atoms with Crippen LogP contribution in [0.25, 0.3) is 0 Å². The van der Waals surface area contributed by atoms with Crippen LogP contribution in [0.5, 0.6) is 0 Å². The number of hydrogen-bond acceptors (Lipinski definition) is 3. The summed E-state index contributed by atoms with van der Waals surface area (Å²) in [5, 5.41) is 3.36. The average molecular weight is 422 g/mol. The van der Waals surface area contributed by atoms with Crippen molar-refractivity contribution in [2.45, 2.75) is 82.8 Å². The van der Waals surface area contributed by atoms with Gasteiger partial charge >= 0.3 is 0 Å². The zero-order valence-corrected chi connectivity index (χ0v) is 19.3. The number of nitrogens with zero attached hydrogens (tertiary/aromatic N) is 2. The topological polar surface area (TPSA) is 44.7 Å². The van der Waals surface area contributed by atoms with Crippen LogP contribution in [0, 0.1) is 23.7 Å². The molecular formula is C27H39N3O. The average Bonchev–Trinajstić information content (AvgIpc) is 3.00. The summed E-state index contributed by atoms with van der Waals surface area (Å²) < 4.78 is 0. The predicted octanol–water partition coefficient (Wildman–Crippen LogP) is 4.48. The molecule has 1 amide bonds. The maximum atomic E-state index is 13.5. The number of carbonyl (C=O) groups excluding carboxylic acids is 1. The normalized spacial score (nSPS) is 35.1. The van der Waals surface area contributed by atoms with Crippen molar-refractivity contribution in [1.82, 2.24) is 10.2 Å². The van der Waals surface area contributed by atoms with E-state index < -0.39 is 5.54 Å². The fourth-order valence-corrected chi connectivity index (χ4v) is 7.00. The van der Waals surface area contributed by atoms with Crippen LogP contribution < -0.4 is 5.32 Å². The largest absolute Gasteiger partial charge is 0.354 e. The van der Waals surface area contributed by atoms with E-state index in [1.807, 2.05) is 0 Å². The quantitative estimate of drug-likeness (QED) is 0.705. The van der Waals surface area contributed by atoms with Crippen molar-refractivity contribution in [2.75, 3.05) is 13.1 Å². The van der Waals surface area contributed by atoms with Gasteiger partial charge in [0, 0.05) is 37.3 Å². The van der Waals surface area contributed by atoms with Gasteiger partial charge in [0.15, 0.2) is 0 Å². The Balaban J connectivity index is 1.34. The minimum Gasteiger partial charge on any atom is -0.354 e. The summed E-state index contributed by atoms with van der Waals surface area (Å²) in [4.78, 5) is 21.2. The molecule has 1 aromatic rings. The highest BCUT2D eigenvalue weighted by Gasteiger charge is 2.61. The fraction of sp³-hybridized carbons (Fsp3) is 0.704. The van der Waals surface area contributed by atoms with Gasteiger partial charge in [-0.3, -0.25) is 14.7 Å². The Morgan fingerprint density at radius 2 is 1.94 bits per heavy atom. The Hall–Kier alpha value is -1.68. The molecule has 3 aliphatic heterocycles. The summed E-state index contributed by atoms with van der Waals surface area (Å²) in [5.74, 6) is 2.55. The van der Waals surface area contributed by atoms with Crippen molar-refractivity contribution >= 4 is 12.1 Å². The molecule has 31 heavy (non-hydrogen) atoms. The fourth-order valence-electron chi connectivity index (χ4n) is 7.00. The van der Waals surface area contributed by atoms with Gasteiger partial charge in [0.1, 0.15) is 5.54 Å². The molecule has 2 aliphatic carbocycles. The van der Waals surface area contributed by atoms with Crippen molar-refractivity contribution in [2.24, 2.45) is 28.7 Å². The SMILES string of the molecule is CC(C)CN1C2CC3(C(=O)NCC4CCCCC4)CC(C2C=N3)C1Cc1ccccc1. The highest BCUT2D eigenvalue weighted by atomic mass is 16.2. The lowest BCUT2D eigenvalue weighted by molar-refractivity contribution is -0.129. The molecule has 5 unspecified atom stereocenters. The number of aliphatic imine (C=N–C) groups is 1. The van der Waals surface area contributed by atoms with Crippen molar-refractivity contribution in [3.05, 3.63) is 35.9 Å². The van der Waals surface area contributed by atoms with Crippen LogP contribution >= 0.6 is 0 Å². The van der Waals surface area contributed by atoms with Gasteiger partial charge in [-0.05, 0) is 55.4 Å². The van der Waals surface area contributed by atoms with Crippen LogP contribution in [-0.4, -0.2) is 47.7 Å². The molecule has 168 valence electrons. The van der Waals surface area contributed by atoms with E-state index in [1.54, 1.807) is 0 Å². The number of rotatable bonds is 7. The van der Waals surface area contributed by atoms with Gasteiger partial charge in [-0.2, -0.15) is 0 Å². The van der Waals surface area contributed by atoms with Crippen molar-refractivity contribution in [1.29, 1.82) is 0 Å². The van der Waals surface area contributed by atoms with Crippen LogP contribution in [0.2, 0.25) is 0 Å². The molecule has 5 atom stereocenters. The molecule has 4 nitrogen and oxygen atoms in total. The van der Waals surface area contributed by atoms with Crippen LogP contribution in [0.15, 0.2) is 35.3 Å². The van der Waals surface area contributed by atoms with Gasteiger partial charge in [0.05, 0.1) is 0 Å². The lowest BCUT2D eigenvalue weighted by Gasteiger charge is -2.45. The maximum Gasteiger partial charge on any atom is 0.247 e. The zero-order chi connectivity index (χ0) is 21.4. The number of amides is 1. The Labute approximate surface area is 187 Å². The smallest absolute Gasteiger partial charge is 0.247 e. The molecule has 5 aliphatic rings. The molecular weight excluding hydrogens is 382 g/mol. The monoisotopic (exact) mass is 421 g/mol. The summed E-state index contributed by atoms with van der Waals surface area (Å²) in [5.41, 5.74) is 0.886. The first-order valence-corrected chi connectivity index (χ1v) is 12.7. The highest BCUT2D eigenvalue weighted by Crippen LogP contribution is 2.53. The van der Waals surface area contributed by atoms with E-state index in [0.29, 0.717) is 35.8 Å². The maximum absolute atomic E-state index is 13.5. The first-order valence-electron chi connectivity index (χ1n) is 12.7.